The molecule has 0 aliphatic rings. The molecule has 0 radical (unpaired) electrons. The summed E-state index contributed by atoms with van der Waals surface area (Å²) in [5.74, 6) is -0.794. The van der Waals surface area contributed by atoms with Crippen LogP contribution in [0.15, 0.2) is 40.7 Å². The lowest BCUT2D eigenvalue weighted by Crippen LogP contribution is -2.13. The quantitative estimate of drug-likeness (QED) is 0.269. The zero-order valence-corrected chi connectivity index (χ0v) is 16.6. The highest BCUT2D eigenvalue weighted by Crippen LogP contribution is 2.29. The first kappa shape index (κ1) is 19.9. The highest BCUT2D eigenvalue weighted by atomic mass is 32.2. The Kier molecular flexibility index (Phi) is 6.00. The summed E-state index contributed by atoms with van der Waals surface area (Å²) in [5.41, 5.74) is 1.60. The number of hydrogen-bond acceptors (Lipinski definition) is 7. The van der Waals surface area contributed by atoms with Gasteiger partial charge in [0.25, 0.3) is 11.6 Å². The molecule has 144 valence electrons. The third-order valence-electron chi connectivity index (χ3n) is 3.89. The van der Waals surface area contributed by atoms with Crippen molar-refractivity contribution in [1.29, 1.82) is 0 Å². The van der Waals surface area contributed by atoms with Crippen LogP contribution in [-0.4, -0.2) is 21.0 Å². The molecule has 10 heteroatoms. The Bertz CT molecular complexity index is 1040. The van der Waals surface area contributed by atoms with Gasteiger partial charge in [0.05, 0.1) is 10.5 Å². The summed E-state index contributed by atoms with van der Waals surface area (Å²) in [6.45, 7) is 3.31. The summed E-state index contributed by atoms with van der Waals surface area (Å²) >= 11 is 2.66. The maximum atomic E-state index is 13.9. The van der Waals surface area contributed by atoms with Crippen LogP contribution in [0.25, 0.3) is 0 Å². The summed E-state index contributed by atoms with van der Waals surface area (Å²) in [6.07, 6.45) is 0. The summed E-state index contributed by atoms with van der Waals surface area (Å²) < 4.78 is 14.5. The van der Waals surface area contributed by atoms with Gasteiger partial charge in [-0.3, -0.25) is 20.2 Å². The van der Waals surface area contributed by atoms with Gasteiger partial charge in [-0.1, -0.05) is 52.9 Å². The fourth-order valence-corrected chi connectivity index (χ4v) is 4.01. The topological polar surface area (TPSA) is 98.0 Å². The Balaban J connectivity index is 1.67. The number of nitro groups is 1. The number of aromatic nitrogens is 2. The van der Waals surface area contributed by atoms with E-state index < -0.39 is 22.3 Å². The number of hydrogen-bond donors (Lipinski definition) is 1. The maximum absolute atomic E-state index is 13.9. The predicted octanol–water partition coefficient (Wildman–Crippen LogP) is 4.75. The summed E-state index contributed by atoms with van der Waals surface area (Å²) in [5, 5.41) is 21.6. The van der Waals surface area contributed by atoms with E-state index in [4.69, 9.17) is 0 Å². The normalized spacial score (nSPS) is 10.7. The molecule has 0 saturated heterocycles. The van der Waals surface area contributed by atoms with E-state index in [0.717, 1.165) is 17.7 Å². The molecule has 1 amide bonds. The monoisotopic (exact) mass is 418 g/mol. The molecule has 0 fully saturated rings. The zero-order chi connectivity index (χ0) is 20.3. The number of thioether (sulfide) groups is 1. The van der Waals surface area contributed by atoms with Crippen LogP contribution in [0.4, 0.5) is 15.2 Å². The van der Waals surface area contributed by atoms with E-state index in [2.05, 4.69) is 15.5 Å². The second-order valence-electron chi connectivity index (χ2n) is 5.96. The SMILES string of the molecule is Cc1ccc(CSc2nnc(NC(=O)c3cc(F)c(C)c([N+](=O)[O-])c3)s2)cc1. The van der Waals surface area contributed by atoms with Crippen molar-refractivity contribution in [3.05, 3.63) is 74.6 Å². The van der Waals surface area contributed by atoms with E-state index in [1.165, 1.54) is 35.6 Å². The summed E-state index contributed by atoms with van der Waals surface area (Å²) in [4.78, 5) is 22.6. The van der Waals surface area contributed by atoms with Crippen molar-refractivity contribution in [1.82, 2.24) is 10.2 Å². The van der Waals surface area contributed by atoms with Crippen molar-refractivity contribution < 1.29 is 14.1 Å². The molecule has 0 spiro atoms. The average molecular weight is 418 g/mol. The van der Waals surface area contributed by atoms with Crippen LogP contribution in [0, 0.1) is 29.8 Å². The van der Waals surface area contributed by atoms with Crippen molar-refractivity contribution in [2.24, 2.45) is 0 Å². The first-order valence-electron chi connectivity index (χ1n) is 8.11. The van der Waals surface area contributed by atoms with Gasteiger partial charge in [-0.15, -0.1) is 10.2 Å². The van der Waals surface area contributed by atoms with Crippen LogP contribution in [0.2, 0.25) is 0 Å². The van der Waals surface area contributed by atoms with Gasteiger partial charge in [-0.25, -0.2) is 4.39 Å². The van der Waals surface area contributed by atoms with Crippen LogP contribution in [0.5, 0.6) is 0 Å². The third-order valence-corrected chi connectivity index (χ3v) is 5.93. The molecule has 1 heterocycles. The molecule has 1 aromatic heterocycles. The third kappa shape index (κ3) is 4.70. The molecule has 0 saturated carbocycles. The van der Waals surface area contributed by atoms with Crippen LogP contribution < -0.4 is 5.32 Å². The molecular formula is C18H15FN4O3S2. The van der Waals surface area contributed by atoms with E-state index in [1.54, 1.807) is 0 Å². The Hall–Kier alpha value is -2.85. The predicted molar refractivity (Wildman–Crippen MR) is 106 cm³/mol. The average Bonchev–Trinajstić information content (AvgIpc) is 3.10. The lowest BCUT2D eigenvalue weighted by molar-refractivity contribution is -0.385. The minimum Gasteiger partial charge on any atom is -0.296 e. The van der Waals surface area contributed by atoms with Crippen molar-refractivity contribution in [3.8, 4) is 0 Å². The van der Waals surface area contributed by atoms with Gasteiger partial charge in [-0.2, -0.15) is 0 Å². The molecule has 0 unspecified atom stereocenters. The molecule has 3 aromatic rings. The van der Waals surface area contributed by atoms with E-state index >= 15 is 0 Å². The lowest BCUT2D eigenvalue weighted by atomic mass is 10.1. The molecule has 0 aliphatic carbocycles. The van der Waals surface area contributed by atoms with Crippen LogP contribution >= 0.6 is 23.1 Å². The van der Waals surface area contributed by atoms with Crippen LogP contribution in [0.3, 0.4) is 0 Å². The van der Waals surface area contributed by atoms with Crippen molar-refractivity contribution in [2.75, 3.05) is 5.32 Å². The van der Waals surface area contributed by atoms with E-state index in [9.17, 15) is 19.3 Å². The first-order valence-corrected chi connectivity index (χ1v) is 9.91. The van der Waals surface area contributed by atoms with E-state index in [-0.39, 0.29) is 16.3 Å². The molecular weight excluding hydrogens is 403 g/mol. The van der Waals surface area contributed by atoms with Gasteiger partial charge >= 0.3 is 0 Å². The van der Waals surface area contributed by atoms with Crippen molar-refractivity contribution in [2.45, 2.75) is 23.9 Å². The number of aryl methyl sites for hydroxylation is 1. The number of anilines is 1. The number of carbonyl (C=O) groups is 1. The number of nitro benzene ring substituents is 1. The van der Waals surface area contributed by atoms with Crippen molar-refractivity contribution in [3.63, 3.8) is 0 Å². The van der Waals surface area contributed by atoms with E-state index in [1.807, 2.05) is 31.2 Å². The lowest BCUT2D eigenvalue weighted by Gasteiger charge is -2.04. The van der Waals surface area contributed by atoms with E-state index in [0.29, 0.717) is 10.1 Å². The maximum Gasteiger partial charge on any atom is 0.276 e. The molecule has 0 bridgehead atoms. The number of halogens is 1. The van der Waals surface area contributed by atoms with Crippen LogP contribution in [0.1, 0.15) is 27.0 Å². The summed E-state index contributed by atoms with van der Waals surface area (Å²) in [6, 6.07) is 10.1. The standard InChI is InChI=1S/C18H15FN4O3S2/c1-10-3-5-12(6-4-10)9-27-18-22-21-17(28-18)20-16(24)13-7-14(19)11(2)15(8-13)23(25)26/h3-8H,9H2,1-2H3,(H,20,21,24). The van der Waals surface area contributed by atoms with Gasteiger partial charge in [0.15, 0.2) is 4.34 Å². The van der Waals surface area contributed by atoms with Gasteiger partial charge in [0, 0.05) is 17.4 Å². The van der Waals surface area contributed by atoms with Gasteiger partial charge in [0.2, 0.25) is 5.13 Å². The molecule has 0 atom stereocenters. The molecule has 3 rings (SSSR count). The zero-order valence-electron chi connectivity index (χ0n) is 14.9. The van der Waals surface area contributed by atoms with Gasteiger partial charge in [-0.05, 0) is 25.5 Å². The molecule has 1 N–H and O–H groups in total. The molecule has 0 aliphatic heterocycles. The van der Waals surface area contributed by atoms with Crippen LogP contribution in [-0.2, 0) is 5.75 Å². The highest BCUT2D eigenvalue weighted by molar-refractivity contribution is 8.00. The number of nitrogens with one attached hydrogen (secondary N) is 1. The number of amides is 1. The fourth-order valence-electron chi connectivity index (χ4n) is 2.30. The smallest absolute Gasteiger partial charge is 0.276 e. The van der Waals surface area contributed by atoms with Gasteiger partial charge < -0.3 is 0 Å². The van der Waals surface area contributed by atoms with Gasteiger partial charge in [0.1, 0.15) is 5.82 Å². The molecule has 28 heavy (non-hydrogen) atoms. The first-order chi connectivity index (χ1) is 13.3. The molecule has 2 aromatic carbocycles. The second-order valence-corrected chi connectivity index (χ2v) is 8.16. The Morgan fingerprint density at radius 2 is 1.96 bits per heavy atom. The minimum absolute atomic E-state index is 0.118. The highest BCUT2D eigenvalue weighted by Gasteiger charge is 2.20. The molecule has 7 nitrogen and oxygen atoms in total. The van der Waals surface area contributed by atoms with Crippen molar-refractivity contribution >= 4 is 39.8 Å². The Morgan fingerprint density at radius 3 is 2.64 bits per heavy atom. The second kappa shape index (κ2) is 8.44. The Morgan fingerprint density at radius 1 is 1.25 bits per heavy atom. The number of nitrogens with zero attached hydrogens (tertiary/aromatic N) is 3. The fraction of sp³-hybridized carbons (Fsp3) is 0.167. The summed E-state index contributed by atoms with van der Waals surface area (Å²) in [7, 11) is 0. The number of benzene rings is 2. The number of carbonyl (C=O) groups excluding carboxylic acids is 1. The number of rotatable bonds is 6. The minimum atomic E-state index is -0.814. The largest absolute Gasteiger partial charge is 0.296 e. The Labute approximate surface area is 168 Å².